The fourth-order valence-electron chi connectivity index (χ4n) is 6.14. The number of nitrogens with zero attached hydrogens (tertiary/aromatic N) is 1. The molecule has 0 saturated carbocycles. The van der Waals surface area contributed by atoms with Crippen LogP contribution in [0.2, 0.25) is 20.1 Å². The van der Waals surface area contributed by atoms with Crippen LogP contribution in [-0.2, 0) is 22.3 Å². The summed E-state index contributed by atoms with van der Waals surface area (Å²) in [5.74, 6) is -1.24. The lowest BCUT2D eigenvalue weighted by Gasteiger charge is -2.38. The monoisotopic (exact) mass is 781 g/mol. The maximum absolute atomic E-state index is 13.9. The lowest BCUT2D eigenvalue weighted by Crippen LogP contribution is -2.47. The molecule has 0 aliphatic carbocycles. The van der Waals surface area contributed by atoms with Gasteiger partial charge in [0.05, 0.1) is 34.3 Å². The molecule has 7 nitrogen and oxygen atoms in total. The topological polar surface area (TPSA) is 74.3 Å². The van der Waals surface area contributed by atoms with Crippen LogP contribution in [-0.4, -0.2) is 38.6 Å². The van der Waals surface area contributed by atoms with Gasteiger partial charge >= 0.3 is 11.9 Å². The molecule has 0 heterocycles. The quantitative estimate of drug-likeness (QED) is 0.0605. The maximum atomic E-state index is 13.9. The number of carbonyl (C=O) groups excluding carboxylic acids is 2. The van der Waals surface area contributed by atoms with Crippen LogP contribution >= 0.6 is 46.4 Å². The minimum atomic E-state index is -0.893. The van der Waals surface area contributed by atoms with E-state index in [4.69, 9.17) is 65.4 Å². The van der Waals surface area contributed by atoms with E-state index in [0.717, 1.165) is 44.2 Å². The molecule has 0 aliphatic rings. The lowest BCUT2D eigenvalue weighted by atomic mass is 9.95. The van der Waals surface area contributed by atoms with E-state index in [-0.39, 0.29) is 42.7 Å². The van der Waals surface area contributed by atoms with Crippen molar-refractivity contribution in [3.8, 4) is 11.5 Å². The fraction of sp³-hybridized carbons (Fsp3) is 0.500. The zero-order valence-corrected chi connectivity index (χ0v) is 33.6. The molecule has 11 heteroatoms. The predicted molar refractivity (Wildman–Crippen MR) is 210 cm³/mol. The molecule has 3 aromatic carbocycles. The Kier molecular flexibility index (Phi) is 18.1. The van der Waals surface area contributed by atoms with Gasteiger partial charge in [-0.3, -0.25) is 0 Å². The molecule has 51 heavy (non-hydrogen) atoms. The van der Waals surface area contributed by atoms with Gasteiger partial charge in [-0.2, -0.15) is 0 Å². The molecule has 0 bridgehead atoms. The second kappa shape index (κ2) is 21.6. The molecule has 0 spiro atoms. The van der Waals surface area contributed by atoms with Gasteiger partial charge in [0.25, 0.3) is 0 Å². The highest BCUT2D eigenvalue weighted by Crippen LogP contribution is 2.38. The lowest BCUT2D eigenvalue weighted by molar-refractivity contribution is -0.000502. The Morgan fingerprint density at radius 2 is 1.02 bits per heavy atom. The van der Waals surface area contributed by atoms with E-state index in [9.17, 15) is 9.59 Å². The average Bonchev–Trinajstić information content (AvgIpc) is 3.12. The number of hydrogen-bond acceptors (Lipinski definition) is 7. The Labute approximate surface area is 323 Å². The summed E-state index contributed by atoms with van der Waals surface area (Å²) in [6.07, 6.45) is 9.93. The first-order valence-corrected chi connectivity index (χ1v) is 19.4. The summed E-state index contributed by atoms with van der Waals surface area (Å²) in [5.41, 5.74) is 3.28. The number of methoxy groups -OCH3 is 2. The summed E-state index contributed by atoms with van der Waals surface area (Å²) in [5, 5.41) is 0.693. The summed E-state index contributed by atoms with van der Waals surface area (Å²) < 4.78 is 23.3. The third-order valence-electron chi connectivity index (χ3n) is 8.83. The number of benzene rings is 3. The predicted octanol–water partition coefficient (Wildman–Crippen LogP) is 12.6. The highest BCUT2D eigenvalue weighted by atomic mass is 35.5. The number of anilines is 1. The van der Waals surface area contributed by atoms with Gasteiger partial charge in [-0.15, -0.1) is 0 Å². The van der Waals surface area contributed by atoms with Gasteiger partial charge in [-0.25, -0.2) is 9.59 Å². The van der Waals surface area contributed by atoms with Crippen LogP contribution in [0.5, 0.6) is 11.5 Å². The molecule has 0 fully saturated rings. The van der Waals surface area contributed by atoms with Gasteiger partial charge in [0.15, 0.2) is 24.0 Å². The Morgan fingerprint density at radius 3 is 1.43 bits per heavy atom. The van der Waals surface area contributed by atoms with Crippen molar-refractivity contribution in [2.75, 3.05) is 19.1 Å². The summed E-state index contributed by atoms with van der Waals surface area (Å²) in [6.45, 7) is 8.19. The first-order chi connectivity index (χ1) is 24.6. The molecule has 2 atom stereocenters. The molecule has 0 aromatic heterocycles. The van der Waals surface area contributed by atoms with E-state index in [1.807, 2.05) is 24.8 Å². The van der Waals surface area contributed by atoms with Crippen LogP contribution in [0.15, 0.2) is 42.5 Å². The number of hydrogen-bond donors (Lipinski definition) is 0. The second-order valence-corrected chi connectivity index (χ2v) is 14.0. The Bertz CT molecular complexity index is 1520. The molecule has 0 radical (unpaired) electrons. The minimum absolute atomic E-state index is 0.00426. The average molecular weight is 784 g/mol. The molecule has 3 aromatic rings. The molecule has 0 N–H and O–H groups in total. The molecule has 2 unspecified atom stereocenters. The van der Waals surface area contributed by atoms with E-state index >= 15 is 0 Å². The molecular weight excluding hydrogens is 732 g/mol. The third kappa shape index (κ3) is 11.3. The first kappa shape index (κ1) is 42.6. The van der Waals surface area contributed by atoms with Crippen molar-refractivity contribution in [1.29, 1.82) is 0 Å². The van der Waals surface area contributed by atoms with Crippen LogP contribution in [0.25, 0.3) is 0 Å². The summed E-state index contributed by atoms with van der Waals surface area (Å²) in [7, 11) is 2.82. The Morgan fingerprint density at radius 1 is 0.588 bits per heavy atom. The SMILES string of the molecule is CCCCCCc1ccc(N(C(CC)OC(=O)c2c(Cl)ccc(Cl)c2OC)C(CC)OC(=O)c2c(Cl)ccc(Cl)c2OC)cc1CCCCCC. The number of halogens is 4. The summed E-state index contributed by atoms with van der Waals surface area (Å²) >= 11 is 25.7. The standard InChI is InChI=1S/C40H51Cl4NO6/c1-7-11-13-15-17-26-19-20-28(25-27(26)18-16-14-12-8-2)45(33(9-3)50-39(46)35-29(41)21-23-31(43)37(35)48-5)34(10-4)51-40(47)36-30(42)22-24-32(44)38(36)49-6/h19-25,33-34H,7-18H2,1-6H3. The van der Waals surface area contributed by atoms with Gasteiger partial charge < -0.3 is 23.8 Å². The minimum Gasteiger partial charge on any atom is -0.494 e. The summed E-state index contributed by atoms with van der Waals surface area (Å²) in [6, 6.07) is 12.5. The number of carbonyl (C=O) groups is 2. The highest BCUT2D eigenvalue weighted by molar-refractivity contribution is 6.37. The number of ether oxygens (including phenoxy) is 4. The van der Waals surface area contributed by atoms with Crippen LogP contribution in [0.3, 0.4) is 0 Å². The zero-order valence-electron chi connectivity index (χ0n) is 30.6. The van der Waals surface area contributed by atoms with E-state index in [1.165, 1.54) is 63.2 Å². The smallest absolute Gasteiger partial charge is 0.345 e. The van der Waals surface area contributed by atoms with Gasteiger partial charge in [0.2, 0.25) is 0 Å². The summed E-state index contributed by atoms with van der Waals surface area (Å²) in [4.78, 5) is 29.6. The molecule has 0 aliphatic heterocycles. The van der Waals surface area contributed by atoms with Crippen LogP contribution < -0.4 is 14.4 Å². The molecular formula is C40H51Cl4NO6. The zero-order chi connectivity index (χ0) is 37.5. The molecule has 280 valence electrons. The van der Waals surface area contributed by atoms with Crippen LogP contribution in [0.1, 0.15) is 124 Å². The van der Waals surface area contributed by atoms with Gasteiger partial charge in [-0.1, -0.05) is 119 Å². The van der Waals surface area contributed by atoms with E-state index < -0.39 is 24.4 Å². The fourth-order valence-corrected chi connectivity index (χ4v) is 7.06. The van der Waals surface area contributed by atoms with Crippen molar-refractivity contribution in [3.05, 3.63) is 84.8 Å². The third-order valence-corrected chi connectivity index (χ3v) is 10.1. The molecule has 3 rings (SSSR count). The van der Waals surface area contributed by atoms with Crippen molar-refractivity contribution in [1.82, 2.24) is 0 Å². The van der Waals surface area contributed by atoms with Gasteiger partial charge in [-0.05, 0) is 73.2 Å². The molecule has 0 saturated heterocycles. The van der Waals surface area contributed by atoms with Crippen molar-refractivity contribution in [2.45, 2.75) is 117 Å². The van der Waals surface area contributed by atoms with Crippen molar-refractivity contribution in [3.63, 3.8) is 0 Å². The normalized spacial score (nSPS) is 12.3. The number of unbranched alkanes of at least 4 members (excludes halogenated alkanes) is 6. The van der Waals surface area contributed by atoms with Crippen LogP contribution in [0, 0.1) is 0 Å². The van der Waals surface area contributed by atoms with Crippen molar-refractivity contribution in [2.24, 2.45) is 0 Å². The van der Waals surface area contributed by atoms with Gasteiger partial charge in [0.1, 0.15) is 11.1 Å². The molecule has 0 amide bonds. The Balaban J connectivity index is 2.14. The first-order valence-electron chi connectivity index (χ1n) is 17.9. The van der Waals surface area contributed by atoms with E-state index in [2.05, 4.69) is 26.0 Å². The van der Waals surface area contributed by atoms with Crippen LogP contribution in [0.4, 0.5) is 5.69 Å². The van der Waals surface area contributed by atoms with Gasteiger partial charge in [0, 0.05) is 18.5 Å². The van der Waals surface area contributed by atoms with E-state index in [1.54, 1.807) is 12.1 Å². The second-order valence-electron chi connectivity index (χ2n) is 12.4. The maximum Gasteiger partial charge on any atom is 0.345 e. The van der Waals surface area contributed by atoms with Crippen molar-refractivity contribution >= 4 is 64.0 Å². The highest BCUT2D eigenvalue weighted by Gasteiger charge is 2.34. The van der Waals surface area contributed by atoms with E-state index in [0.29, 0.717) is 12.8 Å². The van der Waals surface area contributed by atoms with Crippen molar-refractivity contribution < 1.29 is 28.5 Å². The number of aryl methyl sites for hydroxylation is 2. The Hall–Kier alpha value is -2.84. The largest absolute Gasteiger partial charge is 0.494 e. The number of esters is 2. The number of rotatable bonds is 21.